The van der Waals surface area contributed by atoms with Crippen LogP contribution in [0.2, 0.25) is 0 Å². The van der Waals surface area contributed by atoms with Crippen molar-refractivity contribution in [1.29, 1.82) is 0 Å². The Bertz CT molecular complexity index is 1090. The number of carbonyl (C=O) groups excluding carboxylic acids is 1. The first-order valence-corrected chi connectivity index (χ1v) is 11.7. The van der Waals surface area contributed by atoms with Gasteiger partial charge in [0.1, 0.15) is 0 Å². The van der Waals surface area contributed by atoms with Gasteiger partial charge in [0.25, 0.3) is 10.0 Å². The number of aryl methyl sites for hydroxylation is 3. The van der Waals surface area contributed by atoms with Crippen molar-refractivity contribution in [2.75, 3.05) is 10.0 Å². The number of carbonyl (C=O) groups is 1. The Morgan fingerprint density at radius 3 is 2.55 bits per heavy atom. The summed E-state index contributed by atoms with van der Waals surface area (Å²) in [4.78, 5) is 16.7. The first-order chi connectivity index (χ1) is 13.9. The lowest BCUT2D eigenvalue weighted by Crippen LogP contribution is -2.14. The van der Waals surface area contributed by atoms with E-state index in [1.165, 1.54) is 11.3 Å². The predicted molar refractivity (Wildman–Crippen MR) is 117 cm³/mol. The predicted octanol–water partition coefficient (Wildman–Crippen LogP) is 4.39. The van der Waals surface area contributed by atoms with Crippen LogP contribution < -0.4 is 10.0 Å². The van der Waals surface area contributed by atoms with E-state index in [1.54, 1.807) is 29.6 Å². The number of benzene rings is 2. The number of anilines is 2. The zero-order chi connectivity index (χ0) is 20.9. The van der Waals surface area contributed by atoms with Crippen LogP contribution in [-0.4, -0.2) is 19.3 Å². The molecule has 3 aromatic rings. The highest BCUT2D eigenvalue weighted by Gasteiger charge is 2.16. The van der Waals surface area contributed by atoms with Crippen molar-refractivity contribution in [3.63, 3.8) is 0 Å². The lowest BCUT2D eigenvalue weighted by molar-refractivity contribution is -0.116. The van der Waals surface area contributed by atoms with Crippen molar-refractivity contribution < 1.29 is 13.2 Å². The average Bonchev–Trinajstić information content (AvgIpc) is 3.14. The quantitative estimate of drug-likeness (QED) is 0.556. The lowest BCUT2D eigenvalue weighted by atomic mass is 10.1. The summed E-state index contributed by atoms with van der Waals surface area (Å²) in [5, 5.41) is 4.98. The second-order valence-corrected chi connectivity index (χ2v) is 9.16. The monoisotopic (exact) mass is 429 g/mol. The van der Waals surface area contributed by atoms with E-state index >= 15 is 0 Å². The molecule has 0 saturated heterocycles. The minimum atomic E-state index is -3.68. The first-order valence-electron chi connectivity index (χ1n) is 9.29. The number of hydrogen-bond acceptors (Lipinski definition) is 5. The Morgan fingerprint density at radius 1 is 1.10 bits per heavy atom. The minimum absolute atomic E-state index is 0.0966. The molecule has 0 aliphatic heterocycles. The fourth-order valence-corrected chi connectivity index (χ4v) is 4.76. The van der Waals surface area contributed by atoms with E-state index in [9.17, 15) is 13.2 Å². The van der Waals surface area contributed by atoms with E-state index in [0.29, 0.717) is 12.1 Å². The minimum Gasteiger partial charge on any atom is -0.326 e. The summed E-state index contributed by atoms with van der Waals surface area (Å²) in [6, 6.07) is 14.3. The molecule has 0 aliphatic carbocycles. The average molecular weight is 430 g/mol. The standard InChI is InChI=1S/C21H23N3O3S2/c1-3-16-6-4-5-7-19(16)23-20(25)13-10-17-14-28-21(22-17)24-29(26,27)18-11-8-15(2)9-12-18/h4-9,11-12,14H,3,10,13H2,1-2H3,(H,22,24)(H,23,25). The lowest BCUT2D eigenvalue weighted by Gasteiger charge is -2.09. The van der Waals surface area contributed by atoms with Gasteiger partial charge in [0.15, 0.2) is 5.13 Å². The number of nitrogens with zero attached hydrogens (tertiary/aromatic N) is 1. The summed E-state index contributed by atoms with van der Waals surface area (Å²) >= 11 is 1.20. The number of hydrogen-bond donors (Lipinski definition) is 2. The number of para-hydroxylation sites is 1. The highest BCUT2D eigenvalue weighted by Crippen LogP contribution is 2.21. The van der Waals surface area contributed by atoms with Crippen molar-refractivity contribution in [1.82, 2.24) is 4.98 Å². The molecule has 2 aromatic carbocycles. The van der Waals surface area contributed by atoms with Crippen LogP contribution in [0.25, 0.3) is 0 Å². The van der Waals surface area contributed by atoms with Crippen molar-refractivity contribution in [3.8, 4) is 0 Å². The maximum absolute atomic E-state index is 12.4. The van der Waals surface area contributed by atoms with Crippen LogP contribution in [0.5, 0.6) is 0 Å². The molecule has 0 saturated carbocycles. The van der Waals surface area contributed by atoms with Crippen LogP contribution in [0.15, 0.2) is 58.8 Å². The molecule has 0 bridgehead atoms. The number of nitrogens with one attached hydrogen (secondary N) is 2. The Kier molecular flexibility index (Phi) is 6.66. The van der Waals surface area contributed by atoms with Gasteiger partial charge in [0.05, 0.1) is 10.6 Å². The van der Waals surface area contributed by atoms with E-state index in [-0.39, 0.29) is 22.4 Å². The molecule has 29 heavy (non-hydrogen) atoms. The summed E-state index contributed by atoms with van der Waals surface area (Å²) in [5.74, 6) is -0.0966. The van der Waals surface area contributed by atoms with E-state index in [0.717, 1.165) is 23.2 Å². The van der Waals surface area contributed by atoms with E-state index in [1.807, 2.05) is 38.1 Å². The zero-order valence-corrected chi connectivity index (χ0v) is 17.9. The molecule has 1 aromatic heterocycles. The molecule has 0 atom stereocenters. The summed E-state index contributed by atoms with van der Waals surface area (Å²) in [6.45, 7) is 3.94. The molecule has 1 amide bonds. The summed E-state index contributed by atoms with van der Waals surface area (Å²) in [7, 11) is -3.68. The first kappa shape index (κ1) is 21.0. The summed E-state index contributed by atoms with van der Waals surface area (Å²) in [5.41, 5.74) is 3.57. The van der Waals surface area contributed by atoms with Gasteiger partial charge in [-0.05, 0) is 43.5 Å². The Morgan fingerprint density at radius 2 is 1.83 bits per heavy atom. The van der Waals surface area contributed by atoms with Gasteiger partial charge in [0, 0.05) is 17.5 Å². The summed E-state index contributed by atoms with van der Waals surface area (Å²) in [6.07, 6.45) is 1.54. The molecule has 0 unspecified atom stereocenters. The molecular weight excluding hydrogens is 406 g/mol. The van der Waals surface area contributed by atoms with Gasteiger partial charge >= 0.3 is 0 Å². The van der Waals surface area contributed by atoms with E-state index < -0.39 is 10.0 Å². The van der Waals surface area contributed by atoms with E-state index in [4.69, 9.17) is 0 Å². The third kappa shape index (κ3) is 5.65. The highest BCUT2D eigenvalue weighted by molar-refractivity contribution is 7.93. The fourth-order valence-electron chi connectivity index (χ4n) is 2.76. The summed E-state index contributed by atoms with van der Waals surface area (Å²) < 4.78 is 27.4. The van der Waals surface area contributed by atoms with Crippen LogP contribution in [0.3, 0.4) is 0 Å². The van der Waals surface area contributed by atoms with Gasteiger partial charge in [-0.25, -0.2) is 13.4 Å². The van der Waals surface area contributed by atoms with Gasteiger partial charge in [-0.1, -0.05) is 42.8 Å². The SMILES string of the molecule is CCc1ccccc1NC(=O)CCc1csc(NS(=O)(=O)c2ccc(C)cc2)n1. The van der Waals surface area contributed by atoms with Crippen molar-refractivity contribution in [3.05, 3.63) is 70.7 Å². The molecule has 0 radical (unpaired) electrons. The number of sulfonamides is 1. The second kappa shape index (κ2) is 9.19. The van der Waals surface area contributed by atoms with E-state index in [2.05, 4.69) is 15.0 Å². The molecule has 6 nitrogen and oxygen atoms in total. The van der Waals surface area contributed by atoms with Crippen molar-refractivity contribution in [2.24, 2.45) is 0 Å². The molecule has 0 aliphatic rings. The number of aromatic nitrogens is 1. The van der Waals surface area contributed by atoms with Crippen LogP contribution in [-0.2, 0) is 27.7 Å². The van der Waals surface area contributed by atoms with Gasteiger partial charge < -0.3 is 5.32 Å². The molecule has 152 valence electrons. The normalized spacial score (nSPS) is 11.2. The third-order valence-electron chi connectivity index (χ3n) is 4.39. The Labute approximate surface area is 175 Å². The number of amides is 1. The Balaban J connectivity index is 1.57. The van der Waals surface area contributed by atoms with Gasteiger partial charge in [-0.2, -0.15) is 0 Å². The molecule has 0 fully saturated rings. The molecule has 0 spiro atoms. The highest BCUT2D eigenvalue weighted by atomic mass is 32.2. The van der Waals surface area contributed by atoms with Gasteiger partial charge in [-0.15, -0.1) is 11.3 Å². The van der Waals surface area contributed by atoms with Gasteiger partial charge in [0.2, 0.25) is 5.91 Å². The fraction of sp³-hybridized carbons (Fsp3) is 0.238. The maximum atomic E-state index is 12.4. The van der Waals surface area contributed by atoms with Crippen LogP contribution in [0, 0.1) is 6.92 Å². The second-order valence-electron chi connectivity index (χ2n) is 6.62. The van der Waals surface area contributed by atoms with Gasteiger partial charge in [-0.3, -0.25) is 9.52 Å². The zero-order valence-electron chi connectivity index (χ0n) is 16.3. The smallest absolute Gasteiger partial charge is 0.263 e. The van der Waals surface area contributed by atoms with Crippen LogP contribution >= 0.6 is 11.3 Å². The Hall–Kier alpha value is -2.71. The largest absolute Gasteiger partial charge is 0.326 e. The molecule has 3 rings (SSSR count). The molecular formula is C21H23N3O3S2. The molecule has 2 N–H and O–H groups in total. The molecule has 8 heteroatoms. The number of rotatable bonds is 8. The molecule has 1 heterocycles. The maximum Gasteiger partial charge on any atom is 0.263 e. The van der Waals surface area contributed by atoms with Crippen LogP contribution in [0.4, 0.5) is 10.8 Å². The topological polar surface area (TPSA) is 88.2 Å². The third-order valence-corrected chi connectivity index (χ3v) is 6.68. The van der Waals surface area contributed by atoms with Crippen LogP contribution in [0.1, 0.15) is 30.2 Å². The number of thiazole rings is 1. The van der Waals surface area contributed by atoms with Crippen molar-refractivity contribution >= 4 is 38.1 Å². The van der Waals surface area contributed by atoms with Crippen molar-refractivity contribution in [2.45, 2.75) is 38.0 Å².